The molecule has 0 radical (unpaired) electrons. The minimum atomic E-state index is -0.348. The van der Waals surface area contributed by atoms with Crippen LogP contribution in [0.3, 0.4) is 0 Å². The smallest absolute Gasteiger partial charge is 0.263 e. The second kappa shape index (κ2) is 11.5. The molecule has 1 heterocycles. The number of aryl methyl sites for hydroxylation is 1. The van der Waals surface area contributed by atoms with Crippen molar-refractivity contribution in [3.05, 3.63) is 16.1 Å². The molecular formula is C18H31IN6O2S. The van der Waals surface area contributed by atoms with E-state index in [1.807, 2.05) is 21.0 Å². The van der Waals surface area contributed by atoms with Gasteiger partial charge in [-0.1, -0.05) is 12.8 Å². The van der Waals surface area contributed by atoms with Gasteiger partial charge < -0.3 is 20.9 Å². The molecule has 0 unspecified atom stereocenters. The SMILES string of the molecule is CN=C(NCCNC(=O)c1scnc1C)NCC1(C(=O)N(C)C)CCCC1.I. The molecule has 0 aromatic carbocycles. The molecule has 1 aliphatic rings. The molecule has 2 rings (SSSR count). The number of hydrogen-bond acceptors (Lipinski definition) is 5. The van der Waals surface area contributed by atoms with Gasteiger partial charge in [0.05, 0.1) is 16.6 Å². The molecule has 8 nitrogen and oxygen atoms in total. The quantitative estimate of drug-likeness (QED) is 0.219. The van der Waals surface area contributed by atoms with E-state index >= 15 is 0 Å². The van der Waals surface area contributed by atoms with E-state index in [1.165, 1.54) is 11.3 Å². The molecule has 0 spiro atoms. The lowest BCUT2D eigenvalue weighted by Gasteiger charge is -2.31. The highest BCUT2D eigenvalue weighted by Crippen LogP contribution is 2.38. The molecule has 0 saturated heterocycles. The van der Waals surface area contributed by atoms with Gasteiger partial charge in [0.1, 0.15) is 4.88 Å². The number of aromatic nitrogens is 1. The van der Waals surface area contributed by atoms with Crippen LogP contribution in [-0.2, 0) is 4.79 Å². The summed E-state index contributed by atoms with van der Waals surface area (Å²) in [6.07, 6.45) is 3.96. The zero-order valence-corrected chi connectivity index (χ0v) is 20.1. The van der Waals surface area contributed by atoms with Crippen LogP contribution in [0.25, 0.3) is 0 Å². The summed E-state index contributed by atoms with van der Waals surface area (Å²) in [7, 11) is 5.32. The topological polar surface area (TPSA) is 98.7 Å². The van der Waals surface area contributed by atoms with Crippen molar-refractivity contribution in [1.29, 1.82) is 0 Å². The Labute approximate surface area is 188 Å². The van der Waals surface area contributed by atoms with Crippen molar-refractivity contribution in [1.82, 2.24) is 25.8 Å². The van der Waals surface area contributed by atoms with Crippen LogP contribution < -0.4 is 16.0 Å². The monoisotopic (exact) mass is 522 g/mol. The maximum absolute atomic E-state index is 12.6. The molecule has 3 N–H and O–H groups in total. The Hall–Kier alpha value is -1.43. The third-order valence-corrected chi connectivity index (χ3v) is 5.82. The number of carbonyl (C=O) groups excluding carboxylic acids is 2. The zero-order chi connectivity index (χ0) is 19.9. The Balaban J connectivity index is 0.00000392. The molecule has 0 atom stereocenters. The molecule has 1 saturated carbocycles. The number of hydrogen-bond donors (Lipinski definition) is 3. The van der Waals surface area contributed by atoms with Crippen molar-refractivity contribution >= 4 is 53.1 Å². The summed E-state index contributed by atoms with van der Waals surface area (Å²) < 4.78 is 0. The van der Waals surface area contributed by atoms with Gasteiger partial charge in [0, 0.05) is 40.8 Å². The first kappa shape index (κ1) is 24.6. The van der Waals surface area contributed by atoms with Gasteiger partial charge in [-0.25, -0.2) is 4.98 Å². The molecule has 2 amide bonds. The lowest BCUT2D eigenvalue weighted by molar-refractivity contribution is -0.138. The van der Waals surface area contributed by atoms with Gasteiger partial charge in [-0.3, -0.25) is 14.6 Å². The lowest BCUT2D eigenvalue weighted by Crippen LogP contribution is -2.50. The number of halogens is 1. The summed E-state index contributed by atoms with van der Waals surface area (Å²) in [4.78, 5) is 35.3. The lowest BCUT2D eigenvalue weighted by atomic mass is 9.84. The number of carbonyl (C=O) groups is 2. The second-order valence-corrected chi connectivity index (χ2v) is 7.92. The summed E-state index contributed by atoms with van der Waals surface area (Å²) in [6.45, 7) is 3.40. The van der Waals surface area contributed by atoms with E-state index in [0.29, 0.717) is 30.5 Å². The van der Waals surface area contributed by atoms with E-state index in [4.69, 9.17) is 0 Å². The van der Waals surface area contributed by atoms with E-state index in [9.17, 15) is 9.59 Å². The number of aliphatic imine (C=N–C) groups is 1. The Bertz CT molecular complexity index is 685. The molecule has 0 aliphatic heterocycles. The molecule has 28 heavy (non-hydrogen) atoms. The molecule has 1 aliphatic carbocycles. The van der Waals surface area contributed by atoms with Gasteiger partial charge in [0.25, 0.3) is 5.91 Å². The minimum absolute atomic E-state index is 0. The van der Waals surface area contributed by atoms with E-state index in [1.54, 1.807) is 17.5 Å². The Morgan fingerprint density at radius 2 is 1.86 bits per heavy atom. The highest BCUT2D eigenvalue weighted by atomic mass is 127. The summed E-state index contributed by atoms with van der Waals surface area (Å²) in [5.41, 5.74) is 2.07. The molecule has 1 aromatic rings. The molecular weight excluding hydrogens is 491 g/mol. The van der Waals surface area contributed by atoms with Crippen LogP contribution in [0.2, 0.25) is 0 Å². The highest BCUT2D eigenvalue weighted by molar-refractivity contribution is 14.0. The van der Waals surface area contributed by atoms with E-state index in [2.05, 4.69) is 25.9 Å². The molecule has 158 valence electrons. The third-order valence-electron chi connectivity index (χ3n) is 4.89. The Morgan fingerprint density at radius 1 is 1.21 bits per heavy atom. The number of thiazole rings is 1. The molecule has 0 bridgehead atoms. The second-order valence-electron chi connectivity index (χ2n) is 7.06. The van der Waals surface area contributed by atoms with Crippen LogP contribution in [0.1, 0.15) is 41.0 Å². The van der Waals surface area contributed by atoms with Crippen LogP contribution in [0.15, 0.2) is 10.5 Å². The molecule has 10 heteroatoms. The van der Waals surface area contributed by atoms with Crippen LogP contribution in [0.4, 0.5) is 0 Å². The predicted octanol–water partition coefficient (Wildman–Crippen LogP) is 1.61. The summed E-state index contributed by atoms with van der Waals surface area (Å²) in [5, 5.41) is 9.33. The van der Waals surface area contributed by atoms with Crippen molar-refractivity contribution < 1.29 is 9.59 Å². The predicted molar refractivity (Wildman–Crippen MR) is 124 cm³/mol. The van der Waals surface area contributed by atoms with Gasteiger partial charge in [-0.2, -0.15) is 0 Å². The summed E-state index contributed by atoms with van der Waals surface area (Å²) in [5.74, 6) is 0.701. The highest BCUT2D eigenvalue weighted by Gasteiger charge is 2.42. The van der Waals surface area contributed by atoms with Crippen LogP contribution in [0, 0.1) is 12.3 Å². The first-order valence-corrected chi connectivity index (χ1v) is 10.1. The average Bonchev–Trinajstić information content (AvgIpc) is 3.30. The van der Waals surface area contributed by atoms with Crippen molar-refractivity contribution in [3.8, 4) is 0 Å². The fourth-order valence-corrected chi connectivity index (χ4v) is 4.14. The fourth-order valence-electron chi connectivity index (χ4n) is 3.42. The van der Waals surface area contributed by atoms with E-state index in [-0.39, 0.29) is 41.2 Å². The summed E-state index contributed by atoms with van der Waals surface area (Å²) in [6, 6.07) is 0. The zero-order valence-electron chi connectivity index (χ0n) is 17.0. The number of rotatable bonds is 7. The Morgan fingerprint density at radius 3 is 2.39 bits per heavy atom. The maximum Gasteiger partial charge on any atom is 0.263 e. The number of nitrogens with one attached hydrogen (secondary N) is 3. The van der Waals surface area contributed by atoms with Crippen LogP contribution >= 0.6 is 35.3 Å². The van der Waals surface area contributed by atoms with Gasteiger partial charge in [-0.05, 0) is 19.8 Å². The van der Waals surface area contributed by atoms with Crippen LogP contribution in [0.5, 0.6) is 0 Å². The summed E-state index contributed by atoms with van der Waals surface area (Å²) >= 11 is 1.34. The standard InChI is InChI=1S/C18H30N6O2S.HI/c1-13-14(27-12-23-13)15(25)20-9-10-21-17(19-2)22-11-18(7-5-6-8-18)16(26)24(3)4;/h12H,5-11H2,1-4H3,(H,20,25)(H2,19,21,22);1H. The largest absolute Gasteiger partial charge is 0.355 e. The van der Waals surface area contributed by atoms with Gasteiger partial charge >= 0.3 is 0 Å². The first-order valence-electron chi connectivity index (χ1n) is 9.24. The number of amides is 2. The maximum atomic E-state index is 12.6. The van der Waals surface area contributed by atoms with E-state index < -0.39 is 0 Å². The van der Waals surface area contributed by atoms with Crippen molar-refractivity contribution in [2.75, 3.05) is 40.8 Å². The van der Waals surface area contributed by atoms with E-state index in [0.717, 1.165) is 31.4 Å². The number of nitrogens with zero attached hydrogens (tertiary/aromatic N) is 3. The van der Waals surface area contributed by atoms with Crippen molar-refractivity contribution in [2.45, 2.75) is 32.6 Å². The van der Waals surface area contributed by atoms with Gasteiger partial charge in [0.2, 0.25) is 5.91 Å². The molecule has 1 fully saturated rings. The normalized spacial score (nSPS) is 15.5. The van der Waals surface area contributed by atoms with Crippen molar-refractivity contribution in [2.24, 2.45) is 10.4 Å². The average molecular weight is 522 g/mol. The fraction of sp³-hybridized carbons (Fsp3) is 0.667. The Kier molecular flexibility index (Phi) is 10.1. The van der Waals surface area contributed by atoms with Crippen LogP contribution in [-0.4, -0.2) is 68.4 Å². The number of guanidine groups is 1. The third kappa shape index (κ3) is 6.29. The molecule has 1 aromatic heterocycles. The van der Waals surface area contributed by atoms with Crippen molar-refractivity contribution in [3.63, 3.8) is 0 Å². The van der Waals surface area contributed by atoms with Gasteiger partial charge in [-0.15, -0.1) is 35.3 Å². The van der Waals surface area contributed by atoms with Gasteiger partial charge in [0.15, 0.2) is 5.96 Å². The minimum Gasteiger partial charge on any atom is -0.355 e. The first-order chi connectivity index (χ1) is 12.9.